The molecule has 3 aromatic rings. The van der Waals surface area contributed by atoms with Crippen molar-refractivity contribution in [2.45, 2.75) is 63.8 Å². The van der Waals surface area contributed by atoms with Gasteiger partial charge in [0.05, 0.1) is 29.4 Å². The van der Waals surface area contributed by atoms with Crippen molar-refractivity contribution in [2.75, 3.05) is 39.3 Å². The number of piperazine rings is 1. The van der Waals surface area contributed by atoms with Gasteiger partial charge in [-0.3, -0.25) is 14.6 Å². The Kier molecular flexibility index (Phi) is 7.48. The molecule has 8 heteroatoms. The molecule has 2 fully saturated rings. The number of amides is 1. The molecule has 2 unspecified atom stereocenters. The van der Waals surface area contributed by atoms with Gasteiger partial charge in [-0.25, -0.2) is 0 Å². The number of carbonyl (C=O) groups is 1. The fourth-order valence-corrected chi connectivity index (χ4v) is 7.46. The number of halogens is 1. The Morgan fingerprint density at radius 3 is 2.69 bits per heavy atom. The first-order chi connectivity index (χ1) is 18.9. The van der Waals surface area contributed by atoms with Gasteiger partial charge in [0, 0.05) is 67.2 Å². The van der Waals surface area contributed by atoms with E-state index in [4.69, 9.17) is 4.74 Å². The number of ether oxygens (including phenoxy) is 1. The summed E-state index contributed by atoms with van der Waals surface area (Å²) in [7, 11) is 0. The van der Waals surface area contributed by atoms with E-state index in [1.807, 2.05) is 29.2 Å². The Balaban J connectivity index is 1.12. The molecular formula is C31H38BrN5O2. The minimum atomic E-state index is 0.0647. The second kappa shape index (κ2) is 10.9. The molecule has 0 radical (unpaired) electrons. The standard InChI is InChI=1S/C31H38BrN5O2/c1-4-39-28-18-22-17-23(32)9-10-24(22)29(28)37-16-15-36(20-21(37)2)31(3)11-13-35(14-12-31)30(38)26-19-33-34-27-8-6-5-7-25(26)27/h5-10,17,19,21,28-29H,4,11-16,18,20H2,1-3H3/t21?,28?,29-/m1/s1. The van der Waals surface area contributed by atoms with Crippen molar-refractivity contribution in [3.05, 3.63) is 69.8 Å². The zero-order chi connectivity index (χ0) is 27.1. The van der Waals surface area contributed by atoms with E-state index < -0.39 is 0 Å². The van der Waals surface area contributed by atoms with Crippen molar-refractivity contribution in [1.29, 1.82) is 0 Å². The first-order valence-electron chi connectivity index (χ1n) is 14.3. The van der Waals surface area contributed by atoms with Crippen molar-refractivity contribution >= 4 is 32.7 Å². The lowest BCUT2D eigenvalue weighted by Crippen LogP contribution is -2.62. The summed E-state index contributed by atoms with van der Waals surface area (Å²) in [6.45, 7) is 12.2. The van der Waals surface area contributed by atoms with E-state index in [2.05, 4.69) is 74.9 Å². The summed E-state index contributed by atoms with van der Waals surface area (Å²) in [6, 6.07) is 15.2. The Hall–Kier alpha value is -2.39. The highest BCUT2D eigenvalue weighted by Crippen LogP contribution is 2.42. The van der Waals surface area contributed by atoms with Crippen LogP contribution in [0.1, 0.15) is 61.1 Å². The van der Waals surface area contributed by atoms with Gasteiger partial charge in [-0.15, -0.1) is 0 Å². The first kappa shape index (κ1) is 26.8. The lowest BCUT2D eigenvalue weighted by Gasteiger charge is -2.53. The molecule has 1 amide bonds. The van der Waals surface area contributed by atoms with Crippen molar-refractivity contribution in [3.63, 3.8) is 0 Å². The lowest BCUT2D eigenvalue weighted by molar-refractivity contribution is -0.0630. The quantitative estimate of drug-likeness (QED) is 0.411. The fourth-order valence-electron chi connectivity index (χ4n) is 7.06. The number of nitrogens with zero attached hydrogens (tertiary/aromatic N) is 5. The lowest BCUT2D eigenvalue weighted by atomic mass is 9.86. The SMILES string of the molecule is CCOC1Cc2cc(Br)ccc2[C@H]1N1CCN(C2(C)CCN(C(=O)c3cnnc4ccccc34)CC2)CC1C. The van der Waals surface area contributed by atoms with E-state index in [0.29, 0.717) is 17.6 Å². The molecule has 2 aromatic carbocycles. The highest BCUT2D eigenvalue weighted by atomic mass is 79.9. The number of likely N-dealkylation sites (tertiary alicyclic amines) is 1. The second-order valence-electron chi connectivity index (χ2n) is 11.6. The summed E-state index contributed by atoms with van der Waals surface area (Å²) in [6.07, 6.45) is 4.75. The van der Waals surface area contributed by atoms with E-state index in [1.54, 1.807) is 6.20 Å². The summed E-state index contributed by atoms with van der Waals surface area (Å²) in [5.74, 6) is 0.0647. The minimum Gasteiger partial charge on any atom is -0.376 e. The normalized spacial score (nSPS) is 25.6. The van der Waals surface area contributed by atoms with Gasteiger partial charge in [0.25, 0.3) is 5.91 Å². The van der Waals surface area contributed by atoms with Crippen LogP contribution in [0.2, 0.25) is 0 Å². The van der Waals surface area contributed by atoms with Gasteiger partial charge in [-0.1, -0.05) is 40.2 Å². The molecule has 7 nitrogen and oxygen atoms in total. The number of benzene rings is 2. The van der Waals surface area contributed by atoms with Crippen LogP contribution in [0.5, 0.6) is 0 Å². The average molecular weight is 593 g/mol. The molecule has 3 heterocycles. The maximum atomic E-state index is 13.5. The van der Waals surface area contributed by atoms with Crippen LogP contribution in [-0.2, 0) is 11.2 Å². The van der Waals surface area contributed by atoms with Crippen LogP contribution in [0.3, 0.4) is 0 Å². The average Bonchev–Trinajstić information content (AvgIpc) is 3.29. The molecule has 206 valence electrons. The van der Waals surface area contributed by atoms with Gasteiger partial charge in [0.1, 0.15) is 0 Å². The Morgan fingerprint density at radius 1 is 1.13 bits per heavy atom. The molecule has 1 aromatic heterocycles. The summed E-state index contributed by atoms with van der Waals surface area (Å²) in [5, 5.41) is 9.15. The van der Waals surface area contributed by atoms with Gasteiger partial charge in [-0.2, -0.15) is 10.2 Å². The first-order valence-corrected chi connectivity index (χ1v) is 15.1. The van der Waals surface area contributed by atoms with Crippen molar-refractivity contribution in [2.24, 2.45) is 0 Å². The largest absolute Gasteiger partial charge is 0.376 e. The number of fused-ring (bicyclic) bond motifs is 2. The van der Waals surface area contributed by atoms with Crippen LogP contribution in [-0.4, -0.2) is 87.8 Å². The number of hydrogen-bond donors (Lipinski definition) is 0. The number of aromatic nitrogens is 2. The van der Waals surface area contributed by atoms with Crippen LogP contribution < -0.4 is 0 Å². The molecule has 0 saturated carbocycles. The number of piperidine rings is 1. The Labute approximate surface area is 239 Å². The van der Waals surface area contributed by atoms with E-state index in [-0.39, 0.29) is 17.6 Å². The monoisotopic (exact) mass is 591 g/mol. The van der Waals surface area contributed by atoms with Gasteiger partial charge < -0.3 is 9.64 Å². The van der Waals surface area contributed by atoms with Gasteiger partial charge in [0.2, 0.25) is 0 Å². The number of hydrogen-bond acceptors (Lipinski definition) is 6. The summed E-state index contributed by atoms with van der Waals surface area (Å²) in [4.78, 5) is 20.8. The maximum Gasteiger partial charge on any atom is 0.256 e. The smallest absolute Gasteiger partial charge is 0.256 e. The summed E-state index contributed by atoms with van der Waals surface area (Å²) >= 11 is 3.65. The molecule has 0 bridgehead atoms. The summed E-state index contributed by atoms with van der Waals surface area (Å²) in [5.41, 5.74) is 4.34. The molecule has 2 aliphatic heterocycles. The van der Waals surface area contributed by atoms with E-state index >= 15 is 0 Å². The summed E-state index contributed by atoms with van der Waals surface area (Å²) < 4.78 is 7.42. The third-order valence-electron chi connectivity index (χ3n) is 9.28. The van der Waals surface area contributed by atoms with Crippen LogP contribution in [0.4, 0.5) is 0 Å². The highest BCUT2D eigenvalue weighted by Gasteiger charge is 2.44. The van der Waals surface area contributed by atoms with Gasteiger partial charge in [0.15, 0.2) is 0 Å². The maximum absolute atomic E-state index is 13.5. The van der Waals surface area contributed by atoms with Crippen LogP contribution >= 0.6 is 15.9 Å². The van der Waals surface area contributed by atoms with E-state index in [0.717, 1.165) is 74.0 Å². The second-order valence-corrected chi connectivity index (χ2v) is 12.5. The number of rotatable bonds is 5. The van der Waals surface area contributed by atoms with Crippen molar-refractivity contribution in [3.8, 4) is 0 Å². The molecule has 6 rings (SSSR count). The van der Waals surface area contributed by atoms with Gasteiger partial charge in [-0.05, 0) is 62.9 Å². The van der Waals surface area contributed by atoms with Crippen LogP contribution in [0.15, 0.2) is 53.1 Å². The van der Waals surface area contributed by atoms with Crippen LogP contribution in [0, 0.1) is 0 Å². The fraction of sp³-hybridized carbons (Fsp3) is 0.516. The predicted molar refractivity (Wildman–Crippen MR) is 157 cm³/mol. The Morgan fingerprint density at radius 2 is 1.92 bits per heavy atom. The zero-order valence-corrected chi connectivity index (χ0v) is 24.7. The molecule has 0 spiro atoms. The molecule has 1 aliphatic carbocycles. The van der Waals surface area contributed by atoms with E-state index in [9.17, 15) is 4.79 Å². The molecule has 3 aliphatic rings. The minimum absolute atomic E-state index is 0.0647. The Bertz CT molecular complexity index is 1350. The van der Waals surface area contributed by atoms with Crippen LogP contribution in [0.25, 0.3) is 10.9 Å². The van der Waals surface area contributed by atoms with Gasteiger partial charge >= 0.3 is 0 Å². The topological polar surface area (TPSA) is 61.8 Å². The predicted octanol–water partition coefficient (Wildman–Crippen LogP) is 5.10. The molecule has 0 N–H and O–H groups in total. The zero-order valence-electron chi connectivity index (χ0n) is 23.1. The van der Waals surface area contributed by atoms with Crippen molar-refractivity contribution in [1.82, 2.24) is 24.9 Å². The molecule has 2 saturated heterocycles. The molecular weight excluding hydrogens is 554 g/mol. The third-order valence-corrected chi connectivity index (χ3v) is 9.78. The van der Waals surface area contributed by atoms with E-state index in [1.165, 1.54) is 11.1 Å². The highest BCUT2D eigenvalue weighted by molar-refractivity contribution is 9.10. The number of carbonyl (C=O) groups excluding carboxylic acids is 1. The molecule has 3 atom stereocenters. The van der Waals surface area contributed by atoms with Crippen molar-refractivity contribution < 1.29 is 9.53 Å². The third kappa shape index (κ3) is 5.01. The molecule has 39 heavy (non-hydrogen) atoms.